The number of hydrogen-bond acceptors (Lipinski definition) is 8. The monoisotopic (exact) mass is 428 g/mol. The molecule has 5 rings (SSSR count). The molecule has 11 heteroatoms. The third kappa shape index (κ3) is 2.53. The average Bonchev–Trinajstić information content (AvgIpc) is 3.04. The highest BCUT2D eigenvalue weighted by Gasteiger charge is 2.58. The first-order chi connectivity index (χ1) is 14.7. The van der Waals surface area contributed by atoms with Crippen molar-refractivity contribution in [1.82, 2.24) is 19.6 Å². The van der Waals surface area contributed by atoms with Gasteiger partial charge < -0.3 is 0 Å². The van der Waals surface area contributed by atoms with E-state index in [2.05, 4.69) is 4.90 Å². The van der Waals surface area contributed by atoms with Crippen LogP contribution in [0.15, 0.2) is 40.5 Å². The Labute approximate surface area is 177 Å². The normalized spacial score (nSPS) is 35.0. The van der Waals surface area contributed by atoms with Crippen LogP contribution >= 0.6 is 0 Å². The molecule has 0 aliphatic carbocycles. The van der Waals surface area contributed by atoms with Gasteiger partial charge in [0, 0.05) is 24.2 Å². The molecule has 0 saturated carbocycles. The summed E-state index contributed by atoms with van der Waals surface area (Å²) >= 11 is 0. The maximum Gasteiger partial charge on any atom is 0.284 e. The molecule has 31 heavy (non-hydrogen) atoms. The summed E-state index contributed by atoms with van der Waals surface area (Å²) in [7, 11) is 3.72. The van der Waals surface area contributed by atoms with Crippen molar-refractivity contribution >= 4 is 0 Å². The number of hydrogen-bond donors (Lipinski definition) is 0. The molecule has 0 N–H and O–H groups in total. The van der Waals surface area contributed by atoms with E-state index in [0.717, 1.165) is 12.8 Å². The molecule has 4 aliphatic rings. The summed E-state index contributed by atoms with van der Waals surface area (Å²) in [5.74, 6) is 0. The predicted molar refractivity (Wildman–Crippen MR) is 109 cm³/mol. The smallest absolute Gasteiger partial charge is 0.284 e. The number of aromatic nitrogens is 2. The largest absolute Gasteiger partial charge is 0.288 e. The van der Waals surface area contributed by atoms with Gasteiger partial charge in [-0.1, -0.05) is 0 Å². The second kappa shape index (κ2) is 6.54. The van der Waals surface area contributed by atoms with Crippen LogP contribution in [0.4, 0.5) is 0 Å². The standard InChI is InChI=1S/C20H24N6O5/c1-22-14-7-9-19(22,12-15(11-14)25(28)29)16-4-6-18(27)24(21-16)20-10-8-13(23(20)2)3-5-17(20)26(30)31/h4-6,12-14H,3,7-11H2,1-2H3/t13-,14+,19-,20+/m1/s1. The lowest BCUT2D eigenvalue weighted by molar-refractivity contribution is -0.447. The Hall–Kier alpha value is -2.92. The first-order valence-electron chi connectivity index (χ1n) is 10.5. The first kappa shape index (κ1) is 20.0. The molecule has 0 aromatic carbocycles. The van der Waals surface area contributed by atoms with E-state index in [9.17, 15) is 25.0 Å². The number of rotatable bonds is 4. The molecule has 0 spiro atoms. The lowest BCUT2D eigenvalue weighted by Crippen LogP contribution is -2.57. The molecule has 4 bridgehead atoms. The van der Waals surface area contributed by atoms with Gasteiger partial charge in [0.1, 0.15) is 0 Å². The van der Waals surface area contributed by atoms with E-state index in [-0.39, 0.29) is 28.4 Å². The van der Waals surface area contributed by atoms with Crippen LogP contribution in [0.2, 0.25) is 0 Å². The summed E-state index contributed by atoms with van der Waals surface area (Å²) in [6.45, 7) is 0. The Morgan fingerprint density at radius 3 is 2.52 bits per heavy atom. The summed E-state index contributed by atoms with van der Waals surface area (Å²) in [6, 6.07) is 3.12. The molecule has 2 fully saturated rings. The molecule has 1 aromatic heterocycles. The highest BCUT2D eigenvalue weighted by Crippen LogP contribution is 2.49. The van der Waals surface area contributed by atoms with E-state index in [4.69, 9.17) is 5.10 Å². The van der Waals surface area contributed by atoms with Gasteiger partial charge in [0.25, 0.3) is 11.3 Å². The molecular formula is C20H24N6O5. The molecule has 2 saturated heterocycles. The van der Waals surface area contributed by atoms with E-state index < -0.39 is 21.7 Å². The van der Waals surface area contributed by atoms with Crippen LogP contribution in [0.3, 0.4) is 0 Å². The van der Waals surface area contributed by atoms with E-state index >= 15 is 0 Å². The topological polar surface area (TPSA) is 128 Å². The quantitative estimate of drug-likeness (QED) is 0.520. The zero-order valence-electron chi connectivity index (χ0n) is 17.4. The van der Waals surface area contributed by atoms with Gasteiger partial charge >= 0.3 is 0 Å². The van der Waals surface area contributed by atoms with Gasteiger partial charge in [0.15, 0.2) is 0 Å². The van der Waals surface area contributed by atoms with Gasteiger partial charge in [-0.05, 0) is 58.3 Å². The van der Waals surface area contributed by atoms with Crippen LogP contribution in [0.25, 0.3) is 0 Å². The van der Waals surface area contributed by atoms with Gasteiger partial charge in [0.2, 0.25) is 11.4 Å². The maximum absolute atomic E-state index is 13.0. The van der Waals surface area contributed by atoms with Crippen molar-refractivity contribution in [2.45, 2.75) is 61.8 Å². The van der Waals surface area contributed by atoms with Crippen molar-refractivity contribution < 1.29 is 9.85 Å². The molecule has 0 unspecified atom stereocenters. The van der Waals surface area contributed by atoms with Crippen LogP contribution in [-0.2, 0) is 11.2 Å². The minimum absolute atomic E-state index is 0.0215. The molecule has 164 valence electrons. The molecule has 4 atom stereocenters. The van der Waals surface area contributed by atoms with Crippen molar-refractivity contribution in [2.75, 3.05) is 14.1 Å². The van der Waals surface area contributed by atoms with Crippen molar-refractivity contribution in [3.63, 3.8) is 0 Å². The number of nitrogens with zero attached hydrogens (tertiary/aromatic N) is 6. The van der Waals surface area contributed by atoms with Crippen LogP contribution < -0.4 is 5.56 Å². The highest BCUT2D eigenvalue weighted by molar-refractivity contribution is 5.31. The minimum Gasteiger partial charge on any atom is -0.288 e. The predicted octanol–water partition coefficient (Wildman–Crippen LogP) is 1.41. The third-order valence-electron chi connectivity index (χ3n) is 7.86. The number of likely N-dealkylation sites (N-methyl/N-ethyl adjacent to an activating group) is 2. The van der Waals surface area contributed by atoms with Crippen molar-refractivity contribution in [1.29, 1.82) is 0 Å². The van der Waals surface area contributed by atoms with Crippen molar-refractivity contribution in [2.24, 2.45) is 0 Å². The third-order valence-corrected chi connectivity index (χ3v) is 7.86. The second-order valence-corrected chi connectivity index (χ2v) is 9.00. The zero-order chi connectivity index (χ0) is 22.1. The molecule has 4 aliphatic heterocycles. The SMILES string of the molecule is CN1[C@H]2CC[C@]1(c1ccc(=O)n([C@@]34CC[C@@H](CC=C3[N+](=O)[O-])N4C)n1)C=C([N+](=O)[O-])C2. The molecule has 0 amide bonds. The molecule has 1 aromatic rings. The van der Waals surface area contributed by atoms with E-state index in [1.165, 1.54) is 10.7 Å². The van der Waals surface area contributed by atoms with Crippen LogP contribution in [0.5, 0.6) is 0 Å². The second-order valence-electron chi connectivity index (χ2n) is 9.00. The van der Waals surface area contributed by atoms with Gasteiger partial charge in [0.05, 0.1) is 27.5 Å². The molecule has 5 heterocycles. The lowest BCUT2D eigenvalue weighted by Gasteiger charge is -2.41. The molecule has 11 nitrogen and oxygen atoms in total. The van der Waals surface area contributed by atoms with E-state index in [0.29, 0.717) is 31.4 Å². The Bertz CT molecular complexity index is 1110. The number of fused-ring (bicyclic) bond motifs is 4. The Balaban J connectivity index is 1.71. The first-order valence-corrected chi connectivity index (χ1v) is 10.5. The lowest BCUT2D eigenvalue weighted by atomic mass is 9.89. The fourth-order valence-electron chi connectivity index (χ4n) is 6.11. The van der Waals surface area contributed by atoms with Crippen LogP contribution in [-0.4, -0.2) is 55.6 Å². The number of nitro groups is 2. The van der Waals surface area contributed by atoms with Crippen molar-refractivity contribution in [3.05, 3.63) is 72.0 Å². The Morgan fingerprint density at radius 1 is 1.06 bits per heavy atom. The Morgan fingerprint density at radius 2 is 1.81 bits per heavy atom. The summed E-state index contributed by atoms with van der Waals surface area (Å²) in [5.41, 5.74) is -1.85. The van der Waals surface area contributed by atoms with Gasteiger partial charge in [-0.2, -0.15) is 9.78 Å². The van der Waals surface area contributed by atoms with Gasteiger partial charge in [-0.3, -0.25) is 34.8 Å². The summed E-state index contributed by atoms with van der Waals surface area (Å²) in [5, 5.41) is 28.2. The molecule has 0 radical (unpaired) electrons. The van der Waals surface area contributed by atoms with Gasteiger partial charge in [-0.25, -0.2) is 0 Å². The van der Waals surface area contributed by atoms with Gasteiger partial charge in [-0.15, -0.1) is 0 Å². The highest BCUT2D eigenvalue weighted by atomic mass is 16.6. The fourth-order valence-corrected chi connectivity index (χ4v) is 6.11. The fraction of sp³-hybridized carbons (Fsp3) is 0.600. The minimum atomic E-state index is -1.25. The van der Waals surface area contributed by atoms with E-state index in [1.54, 1.807) is 25.3 Å². The Kier molecular flexibility index (Phi) is 4.22. The van der Waals surface area contributed by atoms with E-state index in [1.807, 2.05) is 11.9 Å². The zero-order valence-corrected chi connectivity index (χ0v) is 17.4. The molecular weight excluding hydrogens is 404 g/mol. The average molecular weight is 428 g/mol. The summed E-state index contributed by atoms with van der Waals surface area (Å²) in [6.07, 6.45) is 6.75. The maximum atomic E-state index is 13.0. The van der Waals surface area contributed by atoms with Crippen molar-refractivity contribution in [3.8, 4) is 0 Å². The summed E-state index contributed by atoms with van der Waals surface area (Å²) in [4.78, 5) is 39.7. The summed E-state index contributed by atoms with van der Waals surface area (Å²) < 4.78 is 1.25. The van der Waals surface area contributed by atoms with Crippen LogP contribution in [0, 0.1) is 20.2 Å². The van der Waals surface area contributed by atoms with Crippen LogP contribution in [0.1, 0.15) is 44.2 Å².